The predicted octanol–water partition coefficient (Wildman–Crippen LogP) is 0.673. The average molecular weight is 379 g/mol. The largest absolute Gasteiger partial charge is 0.340 e. The van der Waals surface area contributed by atoms with Gasteiger partial charge in [0.05, 0.1) is 4.90 Å². The first kappa shape index (κ1) is 17.4. The topological polar surface area (TPSA) is 101 Å². The molecular formula is C17H21N3O5S. The molecule has 0 N–H and O–H groups in total. The lowest BCUT2D eigenvalue weighted by atomic mass is 10.1. The van der Waals surface area contributed by atoms with Crippen LogP contribution in [-0.4, -0.2) is 60.7 Å². The molecule has 8 nitrogen and oxygen atoms in total. The highest BCUT2D eigenvalue weighted by atomic mass is 32.2. The minimum atomic E-state index is -3.57. The number of nitro groups is 1. The van der Waals surface area contributed by atoms with Gasteiger partial charge in [0.25, 0.3) is 0 Å². The highest BCUT2D eigenvalue weighted by Gasteiger charge is 2.54. The molecule has 1 heterocycles. The number of rotatable bonds is 4. The van der Waals surface area contributed by atoms with Crippen molar-refractivity contribution in [1.29, 1.82) is 0 Å². The number of benzene rings is 1. The Morgan fingerprint density at radius 3 is 2.46 bits per heavy atom. The summed E-state index contributed by atoms with van der Waals surface area (Å²) in [5, 5.41) is 10.7. The molecule has 0 aromatic heterocycles. The Balaban J connectivity index is 1.41. The van der Waals surface area contributed by atoms with Crippen LogP contribution in [0.15, 0.2) is 23.1 Å². The number of amides is 1. The second-order valence-electron chi connectivity index (χ2n) is 7.21. The van der Waals surface area contributed by atoms with Gasteiger partial charge in [-0.25, -0.2) is 8.42 Å². The summed E-state index contributed by atoms with van der Waals surface area (Å²) >= 11 is 0. The number of hydrogen-bond donors (Lipinski definition) is 0. The monoisotopic (exact) mass is 379 g/mol. The molecule has 1 amide bonds. The minimum Gasteiger partial charge on any atom is -0.340 e. The van der Waals surface area contributed by atoms with Gasteiger partial charge in [0.1, 0.15) is 5.92 Å². The van der Waals surface area contributed by atoms with Crippen LogP contribution in [0, 0.1) is 16.0 Å². The fourth-order valence-electron chi connectivity index (χ4n) is 3.92. The van der Waals surface area contributed by atoms with Crippen LogP contribution in [-0.2, 0) is 27.7 Å². The zero-order chi connectivity index (χ0) is 18.5. The number of nitrogens with zero attached hydrogens (tertiary/aromatic N) is 3. The average Bonchev–Trinajstić information content (AvgIpc) is 3.31. The first-order chi connectivity index (χ1) is 12.4. The smallest absolute Gasteiger partial charge is 0.243 e. The fraction of sp³-hybridized carbons (Fsp3) is 0.588. The highest BCUT2D eigenvalue weighted by molar-refractivity contribution is 7.89. The van der Waals surface area contributed by atoms with Gasteiger partial charge in [0.15, 0.2) is 0 Å². The molecule has 4 rings (SSSR count). The molecule has 3 aliphatic rings. The van der Waals surface area contributed by atoms with Crippen molar-refractivity contribution < 1.29 is 18.1 Å². The zero-order valence-electron chi connectivity index (χ0n) is 14.3. The third kappa shape index (κ3) is 2.99. The first-order valence-electron chi connectivity index (χ1n) is 8.92. The van der Waals surface area contributed by atoms with Crippen LogP contribution in [0.25, 0.3) is 0 Å². The van der Waals surface area contributed by atoms with Gasteiger partial charge >= 0.3 is 0 Å². The van der Waals surface area contributed by atoms with Crippen LogP contribution in [0.5, 0.6) is 0 Å². The number of hydrogen-bond acceptors (Lipinski definition) is 5. The van der Waals surface area contributed by atoms with E-state index in [1.165, 1.54) is 9.87 Å². The predicted molar refractivity (Wildman–Crippen MR) is 92.7 cm³/mol. The molecule has 1 aliphatic heterocycles. The number of carbonyl (C=O) groups excluding carboxylic acids is 1. The quantitative estimate of drug-likeness (QED) is 0.565. The molecule has 0 radical (unpaired) electrons. The van der Waals surface area contributed by atoms with Gasteiger partial charge in [-0.1, -0.05) is 6.07 Å². The third-order valence-electron chi connectivity index (χ3n) is 5.60. The van der Waals surface area contributed by atoms with E-state index in [0.717, 1.165) is 24.8 Å². The Bertz CT molecular complexity index is 861. The summed E-state index contributed by atoms with van der Waals surface area (Å²) in [6.45, 7) is 1.01. The molecule has 9 heteroatoms. The van der Waals surface area contributed by atoms with E-state index in [0.29, 0.717) is 11.3 Å². The standard InChI is InChI=1S/C17H21N3O5S/c21-17(15-11-16(15)20(22)23)18-6-8-19(9-7-18)26(24,25)14-5-4-12-2-1-3-13(12)10-14/h4-5,10,15-16H,1-3,6-9,11H2. The molecule has 26 heavy (non-hydrogen) atoms. The first-order valence-corrected chi connectivity index (χ1v) is 10.4. The molecule has 0 bridgehead atoms. The van der Waals surface area contributed by atoms with E-state index in [4.69, 9.17) is 0 Å². The molecule has 1 saturated heterocycles. The van der Waals surface area contributed by atoms with Gasteiger partial charge in [0, 0.05) is 37.5 Å². The summed E-state index contributed by atoms with van der Waals surface area (Å²) in [6.07, 6.45) is 3.27. The maximum Gasteiger partial charge on any atom is 0.243 e. The van der Waals surface area contributed by atoms with Crippen molar-refractivity contribution in [3.05, 3.63) is 39.4 Å². The van der Waals surface area contributed by atoms with Crippen molar-refractivity contribution in [2.45, 2.75) is 36.6 Å². The molecule has 140 valence electrons. The lowest BCUT2D eigenvalue weighted by Crippen LogP contribution is -2.51. The molecule has 1 saturated carbocycles. The summed E-state index contributed by atoms with van der Waals surface area (Å²) in [5.41, 5.74) is 2.34. The number of carbonyl (C=O) groups is 1. The van der Waals surface area contributed by atoms with E-state index in [1.54, 1.807) is 17.0 Å². The van der Waals surface area contributed by atoms with Gasteiger partial charge in [-0.15, -0.1) is 0 Å². The zero-order valence-corrected chi connectivity index (χ0v) is 15.2. The third-order valence-corrected chi connectivity index (χ3v) is 7.50. The molecule has 2 atom stereocenters. The summed E-state index contributed by atoms with van der Waals surface area (Å²) in [7, 11) is -3.57. The summed E-state index contributed by atoms with van der Waals surface area (Å²) < 4.78 is 27.2. The van der Waals surface area contributed by atoms with Crippen LogP contribution >= 0.6 is 0 Å². The number of aryl methyl sites for hydroxylation is 2. The second kappa shape index (κ2) is 6.31. The van der Waals surface area contributed by atoms with Crippen LogP contribution in [0.1, 0.15) is 24.0 Å². The van der Waals surface area contributed by atoms with Gasteiger partial charge in [-0.05, 0) is 42.5 Å². The van der Waals surface area contributed by atoms with Crippen LogP contribution in [0.2, 0.25) is 0 Å². The van der Waals surface area contributed by atoms with E-state index in [1.807, 2.05) is 6.07 Å². The Morgan fingerprint density at radius 1 is 1.12 bits per heavy atom. The molecular weight excluding hydrogens is 358 g/mol. The number of fused-ring (bicyclic) bond motifs is 1. The van der Waals surface area contributed by atoms with Gasteiger partial charge in [-0.3, -0.25) is 14.9 Å². The van der Waals surface area contributed by atoms with Crippen molar-refractivity contribution in [3.63, 3.8) is 0 Å². The van der Waals surface area contributed by atoms with Crippen molar-refractivity contribution in [1.82, 2.24) is 9.21 Å². The maximum absolute atomic E-state index is 12.9. The summed E-state index contributed by atoms with van der Waals surface area (Å²) in [4.78, 5) is 24.5. The van der Waals surface area contributed by atoms with Crippen molar-refractivity contribution in [2.75, 3.05) is 26.2 Å². The minimum absolute atomic E-state index is 0.221. The molecule has 2 unspecified atom stereocenters. The van der Waals surface area contributed by atoms with E-state index in [-0.39, 0.29) is 32.1 Å². The van der Waals surface area contributed by atoms with Gasteiger partial charge in [-0.2, -0.15) is 4.31 Å². The number of sulfonamides is 1. The van der Waals surface area contributed by atoms with Crippen LogP contribution < -0.4 is 0 Å². The van der Waals surface area contributed by atoms with Crippen molar-refractivity contribution in [2.24, 2.45) is 5.92 Å². The molecule has 0 spiro atoms. The molecule has 1 aromatic rings. The van der Waals surface area contributed by atoms with Crippen molar-refractivity contribution in [3.8, 4) is 0 Å². The highest BCUT2D eigenvalue weighted by Crippen LogP contribution is 2.35. The fourth-order valence-corrected chi connectivity index (χ4v) is 5.39. The lowest BCUT2D eigenvalue weighted by Gasteiger charge is -2.34. The van der Waals surface area contributed by atoms with E-state index in [2.05, 4.69) is 0 Å². The van der Waals surface area contributed by atoms with Gasteiger partial charge in [0.2, 0.25) is 22.0 Å². The van der Waals surface area contributed by atoms with Crippen LogP contribution in [0.4, 0.5) is 0 Å². The van der Waals surface area contributed by atoms with E-state index >= 15 is 0 Å². The summed E-state index contributed by atoms with van der Waals surface area (Å²) in [6, 6.07) is 4.58. The van der Waals surface area contributed by atoms with Crippen LogP contribution in [0.3, 0.4) is 0 Å². The Labute approximate surface area is 152 Å². The molecule has 1 aromatic carbocycles. The number of piperazine rings is 1. The Hall–Kier alpha value is -2.00. The maximum atomic E-state index is 12.9. The van der Waals surface area contributed by atoms with E-state index < -0.39 is 26.9 Å². The lowest BCUT2D eigenvalue weighted by molar-refractivity contribution is -0.497. The van der Waals surface area contributed by atoms with E-state index in [9.17, 15) is 23.3 Å². The van der Waals surface area contributed by atoms with Crippen molar-refractivity contribution >= 4 is 15.9 Å². The molecule has 2 fully saturated rings. The SMILES string of the molecule is O=C(C1CC1[N+](=O)[O-])N1CCN(S(=O)(=O)c2ccc3c(c2)CCC3)CC1. The second-order valence-corrected chi connectivity index (χ2v) is 9.15. The Kier molecular flexibility index (Phi) is 4.23. The summed E-state index contributed by atoms with van der Waals surface area (Å²) in [5.74, 6) is -0.758. The Morgan fingerprint density at radius 2 is 1.81 bits per heavy atom. The normalized spacial score (nSPS) is 25.8. The molecule has 2 aliphatic carbocycles. The van der Waals surface area contributed by atoms with Gasteiger partial charge < -0.3 is 4.90 Å².